The van der Waals surface area contributed by atoms with Crippen molar-refractivity contribution in [3.8, 4) is 0 Å². The van der Waals surface area contributed by atoms with Crippen molar-refractivity contribution >= 4 is 33.7 Å². The molecule has 0 aromatic heterocycles. The molecule has 5 nitrogen and oxygen atoms in total. The second-order valence-corrected chi connectivity index (χ2v) is 5.65. The molecule has 2 aliphatic rings. The summed E-state index contributed by atoms with van der Waals surface area (Å²) in [6, 6.07) is 2.18. The number of amides is 3. The first-order chi connectivity index (χ1) is 10.0. The molecule has 1 atom stereocenters. The minimum absolute atomic E-state index is 0.0626. The quantitative estimate of drug-likeness (QED) is 0.646. The molecule has 1 fully saturated rings. The first-order valence-electron chi connectivity index (χ1n) is 6.53. The van der Waals surface area contributed by atoms with Crippen LogP contribution in [-0.2, 0) is 21.5 Å². The van der Waals surface area contributed by atoms with Crippen LogP contribution in [0.25, 0.3) is 0 Å². The lowest BCUT2D eigenvalue weighted by Gasteiger charge is -2.29. The molecule has 1 aromatic carbocycles. The molecule has 1 unspecified atom stereocenters. The smallest absolute Gasteiger partial charge is 0.255 e. The van der Waals surface area contributed by atoms with E-state index in [2.05, 4.69) is 21.2 Å². The van der Waals surface area contributed by atoms with Gasteiger partial charge in [0.2, 0.25) is 11.8 Å². The number of hydrogen-bond donors (Lipinski definition) is 1. The summed E-state index contributed by atoms with van der Waals surface area (Å²) in [6.07, 6.45) is 0.458. The molecule has 0 aliphatic carbocycles. The normalized spacial score (nSPS) is 21.5. The molecule has 0 bridgehead atoms. The number of carbonyl (C=O) groups is 3. The van der Waals surface area contributed by atoms with Crippen molar-refractivity contribution in [3.63, 3.8) is 0 Å². The molecule has 1 N–H and O–H groups in total. The predicted molar refractivity (Wildman–Crippen MR) is 75.1 cm³/mol. The van der Waals surface area contributed by atoms with E-state index in [1.165, 1.54) is 11.0 Å². The second-order valence-electron chi connectivity index (χ2n) is 5.09. The van der Waals surface area contributed by atoms with E-state index in [-0.39, 0.29) is 31.2 Å². The highest BCUT2D eigenvalue weighted by Crippen LogP contribution is 2.32. The van der Waals surface area contributed by atoms with Gasteiger partial charge in [-0.2, -0.15) is 0 Å². The van der Waals surface area contributed by atoms with Crippen LogP contribution in [0.5, 0.6) is 0 Å². The number of hydrogen-bond acceptors (Lipinski definition) is 3. The molecule has 1 aromatic rings. The van der Waals surface area contributed by atoms with Crippen LogP contribution in [0.1, 0.15) is 34.3 Å². The maximum absolute atomic E-state index is 13.9. The fraction of sp³-hybridized carbons (Fsp3) is 0.357. The van der Waals surface area contributed by atoms with Crippen LogP contribution in [0, 0.1) is 5.82 Å². The number of rotatable bonds is 2. The summed E-state index contributed by atoms with van der Waals surface area (Å²) in [5, 5.41) is 2.66. The lowest BCUT2D eigenvalue weighted by atomic mass is 10.0. The van der Waals surface area contributed by atoms with E-state index in [1.807, 2.05) is 0 Å². The lowest BCUT2D eigenvalue weighted by Crippen LogP contribution is -2.52. The van der Waals surface area contributed by atoms with Gasteiger partial charge >= 0.3 is 0 Å². The maximum Gasteiger partial charge on any atom is 0.255 e. The summed E-state index contributed by atoms with van der Waals surface area (Å²) in [4.78, 5) is 37.0. The van der Waals surface area contributed by atoms with Gasteiger partial charge in [-0.1, -0.05) is 22.0 Å². The Bertz CT molecular complexity index is 662. The summed E-state index contributed by atoms with van der Waals surface area (Å²) < 4.78 is 13.9. The van der Waals surface area contributed by atoms with E-state index < -0.39 is 17.8 Å². The zero-order chi connectivity index (χ0) is 15.1. The highest BCUT2D eigenvalue weighted by Gasteiger charge is 2.40. The monoisotopic (exact) mass is 354 g/mol. The van der Waals surface area contributed by atoms with Gasteiger partial charge in [0.05, 0.1) is 12.1 Å². The van der Waals surface area contributed by atoms with Crippen molar-refractivity contribution < 1.29 is 18.8 Å². The van der Waals surface area contributed by atoms with Crippen LogP contribution >= 0.6 is 15.9 Å². The molecule has 21 heavy (non-hydrogen) atoms. The minimum Gasteiger partial charge on any atom is -0.322 e. The van der Waals surface area contributed by atoms with Crippen molar-refractivity contribution in [1.29, 1.82) is 0 Å². The van der Waals surface area contributed by atoms with Crippen molar-refractivity contribution in [2.75, 3.05) is 0 Å². The molecule has 110 valence electrons. The summed E-state index contributed by atoms with van der Waals surface area (Å²) in [7, 11) is 0. The Hall–Kier alpha value is -1.76. The largest absolute Gasteiger partial charge is 0.322 e. The molecule has 0 spiro atoms. The lowest BCUT2D eigenvalue weighted by molar-refractivity contribution is -0.136. The van der Waals surface area contributed by atoms with Crippen LogP contribution in [0.2, 0.25) is 0 Å². The van der Waals surface area contributed by atoms with Gasteiger partial charge in [-0.15, -0.1) is 0 Å². The molecule has 1 saturated heterocycles. The zero-order valence-corrected chi connectivity index (χ0v) is 12.6. The molecular weight excluding hydrogens is 343 g/mol. The van der Waals surface area contributed by atoms with E-state index in [9.17, 15) is 18.8 Å². The molecule has 7 heteroatoms. The number of carbonyl (C=O) groups excluding carboxylic acids is 3. The number of nitrogens with one attached hydrogen (secondary N) is 1. The predicted octanol–water partition coefficient (Wildman–Crippen LogP) is 1.48. The first kappa shape index (κ1) is 14.2. The van der Waals surface area contributed by atoms with Crippen molar-refractivity contribution in [2.24, 2.45) is 0 Å². The van der Waals surface area contributed by atoms with Gasteiger partial charge in [0.15, 0.2) is 0 Å². The highest BCUT2D eigenvalue weighted by atomic mass is 79.9. The fourth-order valence-corrected chi connectivity index (χ4v) is 3.29. The maximum atomic E-state index is 13.9. The Balaban J connectivity index is 1.95. The Morgan fingerprint density at radius 3 is 2.76 bits per heavy atom. The van der Waals surface area contributed by atoms with E-state index in [0.717, 1.165) is 0 Å². The number of piperidine rings is 1. The number of halogens is 2. The number of imide groups is 1. The second kappa shape index (κ2) is 5.22. The number of nitrogens with zero attached hydrogens (tertiary/aromatic N) is 1. The third-order valence-electron chi connectivity index (χ3n) is 3.88. The van der Waals surface area contributed by atoms with E-state index in [1.54, 1.807) is 6.07 Å². The summed E-state index contributed by atoms with van der Waals surface area (Å²) in [5.74, 6) is -1.63. The number of benzene rings is 1. The fourth-order valence-electron chi connectivity index (χ4n) is 2.82. The molecule has 2 aliphatic heterocycles. The van der Waals surface area contributed by atoms with Crippen LogP contribution in [0.4, 0.5) is 4.39 Å². The van der Waals surface area contributed by atoms with Gasteiger partial charge in [-0.05, 0) is 18.1 Å². The Morgan fingerprint density at radius 1 is 1.33 bits per heavy atom. The average molecular weight is 355 g/mol. The van der Waals surface area contributed by atoms with Gasteiger partial charge < -0.3 is 4.90 Å². The molecule has 3 amide bonds. The third-order valence-corrected chi connectivity index (χ3v) is 4.48. The van der Waals surface area contributed by atoms with Crippen molar-refractivity contribution in [1.82, 2.24) is 10.2 Å². The topological polar surface area (TPSA) is 66.5 Å². The molecule has 0 radical (unpaired) electrons. The Morgan fingerprint density at radius 2 is 2.10 bits per heavy atom. The van der Waals surface area contributed by atoms with Crippen molar-refractivity contribution in [2.45, 2.75) is 30.8 Å². The summed E-state index contributed by atoms with van der Waals surface area (Å²) >= 11 is 3.28. The summed E-state index contributed by atoms with van der Waals surface area (Å²) in [5.41, 5.74) is 1.35. The zero-order valence-electron chi connectivity index (χ0n) is 11.0. The Labute approximate surface area is 128 Å². The van der Waals surface area contributed by atoms with Crippen molar-refractivity contribution in [3.05, 3.63) is 34.6 Å². The van der Waals surface area contributed by atoms with Crippen LogP contribution in [0.3, 0.4) is 0 Å². The van der Waals surface area contributed by atoms with Crippen LogP contribution in [0.15, 0.2) is 12.1 Å². The van der Waals surface area contributed by atoms with E-state index in [4.69, 9.17) is 0 Å². The third kappa shape index (κ3) is 2.25. The van der Waals surface area contributed by atoms with Gasteiger partial charge in [-0.25, -0.2) is 4.39 Å². The van der Waals surface area contributed by atoms with E-state index in [0.29, 0.717) is 22.0 Å². The highest BCUT2D eigenvalue weighted by molar-refractivity contribution is 9.08. The standard InChI is InChI=1S/C14H12BrFN2O3/c15-5-7-1-2-9(16)8-6-18(14(21)12(7)8)10-3-4-11(19)17-13(10)20/h1-2,10H,3-6H2,(H,17,19,20). The Kier molecular flexibility index (Phi) is 3.52. The SMILES string of the molecule is O=C1CCC(N2Cc3c(F)ccc(CBr)c3C2=O)C(=O)N1. The molecule has 0 saturated carbocycles. The number of alkyl halides is 1. The van der Waals surface area contributed by atoms with Crippen LogP contribution < -0.4 is 5.32 Å². The molecular formula is C14H12BrFN2O3. The minimum atomic E-state index is -0.717. The van der Waals surface area contributed by atoms with Gasteiger partial charge in [0.25, 0.3) is 5.91 Å². The van der Waals surface area contributed by atoms with Crippen LogP contribution in [-0.4, -0.2) is 28.7 Å². The summed E-state index contributed by atoms with van der Waals surface area (Å²) in [6.45, 7) is 0.0626. The molecule has 3 rings (SSSR count). The first-order valence-corrected chi connectivity index (χ1v) is 7.66. The van der Waals surface area contributed by atoms with Gasteiger partial charge in [0.1, 0.15) is 11.9 Å². The number of fused-ring (bicyclic) bond motifs is 1. The molecule has 2 heterocycles. The van der Waals surface area contributed by atoms with Gasteiger partial charge in [-0.3, -0.25) is 19.7 Å². The van der Waals surface area contributed by atoms with E-state index >= 15 is 0 Å². The average Bonchev–Trinajstić information content (AvgIpc) is 2.79. The van der Waals surface area contributed by atoms with Gasteiger partial charge in [0, 0.05) is 17.3 Å².